The molecule has 0 saturated heterocycles. The summed E-state index contributed by atoms with van der Waals surface area (Å²) in [6.45, 7) is 1.89. The van der Waals surface area contributed by atoms with Gasteiger partial charge >= 0.3 is 5.97 Å². The molecule has 2 aromatic rings. The Bertz CT molecular complexity index is 487. The number of esters is 1. The summed E-state index contributed by atoms with van der Waals surface area (Å²) in [5.74, 6) is 0.554. The van der Waals surface area contributed by atoms with Gasteiger partial charge in [0.25, 0.3) is 0 Å². The summed E-state index contributed by atoms with van der Waals surface area (Å²) >= 11 is 1.36. The quantitative estimate of drug-likeness (QED) is 0.793. The Morgan fingerprint density at radius 1 is 1.60 bits per heavy atom. The van der Waals surface area contributed by atoms with Gasteiger partial charge in [-0.15, -0.1) is 11.3 Å². The highest BCUT2D eigenvalue weighted by Gasteiger charge is 2.10. The first kappa shape index (κ1) is 9.92. The van der Waals surface area contributed by atoms with Gasteiger partial charge in [-0.3, -0.25) is 0 Å². The summed E-state index contributed by atoms with van der Waals surface area (Å²) in [4.78, 5) is 19.0. The molecule has 2 aromatic heterocycles. The molecule has 0 fully saturated rings. The Balaban J connectivity index is 2.31. The molecule has 0 bridgehead atoms. The Labute approximate surface area is 90.9 Å². The van der Waals surface area contributed by atoms with Crippen molar-refractivity contribution >= 4 is 17.3 Å². The molecule has 0 atom stereocenters. The van der Waals surface area contributed by atoms with Gasteiger partial charge in [0.05, 0.1) is 19.0 Å². The molecular formula is C10H10N2O2S. The molecule has 0 amide bonds. The molecule has 0 spiro atoms. The fourth-order valence-corrected chi connectivity index (χ4v) is 2.08. The number of aryl methyl sites for hydroxylation is 1. The van der Waals surface area contributed by atoms with Gasteiger partial charge in [-0.05, 0) is 13.0 Å². The number of methoxy groups -OCH3 is 1. The van der Waals surface area contributed by atoms with Crippen molar-refractivity contribution in [3.63, 3.8) is 0 Å². The van der Waals surface area contributed by atoms with E-state index in [0.717, 1.165) is 17.1 Å². The van der Waals surface area contributed by atoms with E-state index in [4.69, 9.17) is 0 Å². The van der Waals surface area contributed by atoms with Crippen molar-refractivity contribution in [2.45, 2.75) is 6.92 Å². The number of hydrogen-bond acceptors (Lipinski definition) is 4. The van der Waals surface area contributed by atoms with Gasteiger partial charge in [0.2, 0.25) is 0 Å². The number of nitrogens with one attached hydrogen (secondary N) is 1. The minimum Gasteiger partial charge on any atom is -0.465 e. The second-order valence-electron chi connectivity index (χ2n) is 3.07. The average Bonchev–Trinajstić information content (AvgIpc) is 2.84. The van der Waals surface area contributed by atoms with Gasteiger partial charge in [-0.1, -0.05) is 0 Å². The molecule has 0 aromatic carbocycles. The molecule has 0 saturated carbocycles. The van der Waals surface area contributed by atoms with Crippen molar-refractivity contribution in [3.8, 4) is 11.3 Å². The van der Waals surface area contributed by atoms with Crippen molar-refractivity contribution in [1.29, 1.82) is 0 Å². The van der Waals surface area contributed by atoms with Crippen LogP contribution in [-0.4, -0.2) is 23.0 Å². The predicted molar refractivity (Wildman–Crippen MR) is 58.0 cm³/mol. The third-order valence-corrected chi connectivity index (χ3v) is 2.91. The van der Waals surface area contributed by atoms with E-state index in [0.29, 0.717) is 4.88 Å². The third kappa shape index (κ3) is 1.92. The summed E-state index contributed by atoms with van der Waals surface area (Å²) < 4.78 is 4.64. The maximum atomic E-state index is 11.2. The Morgan fingerprint density at radius 2 is 2.40 bits per heavy atom. The van der Waals surface area contributed by atoms with Crippen LogP contribution in [0.4, 0.5) is 0 Å². The topological polar surface area (TPSA) is 55.0 Å². The molecule has 0 aliphatic rings. The summed E-state index contributed by atoms with van der Waals surface area (Å²) in [6, 6.07) is 1.80. The Morgan fingerprint density at radius 3 is 3.00 bits per heavy atom. The molecule has 0 unspecified atom stereocenters. The number of nitrogens with zero attached hydrogens (tertiary/aromatic N) is 1. The maximum Gasteiger partial charge on any atom is 0.348 e. The number of ether oxygens (including phenoxy) is 1. The molecule has 2 heterocycles. The minimum atomic E-state index is -0.303. The van der Waals surface area contributed by atoms with Crippen LogP contribution in [0.25, 0.3) is 11.3 Å². The molecule has 2 rings (SSSR count). The normalized spacial score (nSPS) is 10.3. The van der Waals surface area contributed by atoms with Crippen LogP contribution in [0.3, 0.4) is 0 Å². The van der Waals surface area contributed by atoms with Crippen LogP contribution in [0.1, 0.15) is 15.5 Å². The monoisotopic (exact) mass is 222 g/mol. The number of aromatic amines is 1. The lowest BCUT2D eigenvalue weighted by atomic mass is 10.2. The smallest absolute Gasteiger partial charge is 0.348 e. The number of imidazole rings is 1. The lowest BCUT2D eigenvalue weighted by Gasteiger charge is -1.92. The van der Waals surface area contributed by atoms with Gasteiger partial charge in [0.15, 0.2) is 0 Å². The van der Waals surface area contributed by atoms with E-state index in [1.165, 1.54) is 18.4 Å². The standard InChI is InChI=1S/C10H10N2O2S/c1-6-11-4-8(12-6)7-3-9(15-5-7)10(13)14-2/h3-5H,1-2H3,(H,11,12). The summed E-state index contributed by atoms with van der Waals surface area (Å²) in [5, 5.41) is 1.90. The highest BCUT2D eigenvalue weighted by molar-refractivity contribution is 7.12. The molecular weight excluding hydrogens is 212 g/mol. The van der Waals surface area contributed by atoms with Crippen LogP contribution in [0.2, 0.25) is 0 Å². The number of hydrogen-bond donors (Lipinski definition) is 1. The fourth-order valence-electron chi connectivity index (χ4n) is 1.25. The number of rotatable bonds is 2. The summed E-state index contributed by atoms with van der Waals surface area (Å²) in [5.41, 5.74) is 1.87. The zero-order valence-corrected chi connectivity index (χ0v) is 9.22. The van der Waals surface area contributed by atoms with E-state index >= 15 is 0 Å². The van der Waals surface area contributed by atoms with E-state index < -0.39 is 0 Å². The van der Waals surface area contributed by atoms with Crippen LogP contribution < -0.4 is 0 Å². The zero-order chi connectivity index (χ0) is 10.8. The molecule has 0 aliphatic heterocycles. The maximum absolute atomic E-state index is 11.2. The van der Waals surface area contributed by atoms with Crippen molar-refractivity contribution in [1.82, 2.24) is 9.97 Å². The van der Waals surface area contributed by atoms with E-state index in [1.807, 2.05) is 12.3 Å². The largest absolute Gasteiger partial charge is 0.465 e. The predicted octanol–water partition coefficient (Wildman–Crippen LogP) is 2.23. The first-order valence-electron chi connectivity index (χ1n) is 4.39. The number of carbonyl (C=O) groups excluding carboxylic acids is 1. The molecule has 5 heteroatoms. The highest BCUT2D eigenvalue weighted by atomic mass is 32.1. The molecule has 78 valence electrons. The lowest BCUT2D eigenvalue weighted by molar-refractivity contribution is 0.0606. The van der Waals surface area contributed by atoms with Crippen molar-refractivity contribution in [3.05, 3.63) is 28.3 Å². The van der Waals surface area contributed by atoms with Gasteiger partial charge in [-0.25, -0.2) is 9.78 Å². The zero-order valence-electron chi connectivity index (χ0n) is 8.40. The van der Waals surface area contributed by atoms with Crippen LogP contribution >= 0.6 is 11.3 Å². The van der Waals surface area contributed by atoms with Gasteiger partial charge < -0.3 is 9.72 Å². The lowest BCUT2D eigenvalue weighted by Crippen LogP contribution is -1.96. The van der Waals surface area contributed by atoms with E-state index in [-0.39, 0.29) is 5.97 Å². The Hall–Kier alpha value is -1.62. The molecule has 15 heavy (non-hydrogen) atoms. The number of H-pyrrole nitrogens is 1. The van der Waals surface area contributed by atoms with E-state index in [9.17, 15) is 4.79 Å². The number of aromatic nitrogens is 2. The number of thiophene rings is 1. The Kier molecular flexibility index (Phi) is 2.55. The first-order chi connectivity index (χ1) is 7.20. The van der Waals surface area contributed by atoms with E-state index in [2.05, 4.69) is 14.7 Å². The second-order valence-corrected chi connectivity index (χ2v) is 3.98. The van der Waals surface area contributed by atoms with Gasteiger partial charge in [-0.2, -0.15) is 0 Å². The van der Waals surface area contributed by atoms with Gasteiger partial charge in [0, 0.05) is 10.9 Å². The molecule has 0 radical (unpaired) electrons. The van der Waals surface area contributed by atoms with Crippen LogP contribution in [-0.2, 0) is 4.74 Å². The van der Waals surface area contributed by atoms with Crippen LogP contribution in [0.5, 0.6) is 0 Å². The molecule has 0 aliphatic carbocycles. The second kappa shape index (κ2) is 3.86. The highest BCUT2D eigenvalue weighted by Crippen LogP contribution is 2.24. The summed E-state index contributed by atoms with van der Waals surface area (Å²) in [7, 11) is 1.38. The minimum absolute atomic E-state index is 0.303. The van der Waals surface area contributed by atoms with Crippen LogP contribution in [0, 0.1) is 6.92 Å². The molecule has 4 nitrogen and oxygen atoms in total. The van der Waals surface area contributed by atoms with Gasteiger partial charge in [0.1, 0.15) is 10.7 Å². The summed E-state index contributed by atoms with van der Waals surface area (Å²) in [6.07, 6.45) is 1.75. The van der Waals surface area contributed by atoms with Crippen molar-refractivity contribution in [2.24, 2.45) is 0 Å². The first-order valence-corrected chi connectivity index (χ1v) is 5.27. The fraction of sp³-hybridized carbons (Fsp3) is 0.200. The number of carbonyl (C=O) groups is 1. The average molecular weight is 222 g/mol. The van der Waals surface area contributed by atoms with E-state index in [1.54, 1.807) is 12.3 Å². The SMILES string of the molecule is COC(=O)c1cc(-c2cnc(C)[nH]2)cs1. The third-order valence-electron chi connectivity index (χ3n) is 2.00. The van der Waals surface area contributed by atoms with Crippen molar-refractivity contribution < 1.29 is 9.53 Å². The van der Waals surface area contributed by atoms with Crippen LogP contribution in [0.15, 0.2) is 17.6 Å². The molecule has 1 N–H and O–H groups in total. The van der Waals surface area contributed by atoms with Crippen molar-refractivity contribution in [2.75, 3.05) is 7.11 Å².